The Labute approximate surface area is 126 Å². The standard InChI is InChI=1S/C17H25NO3/c1-18-12-8-9-13(18)11-17(19,10-12)15-7-5-4-6-14(15)16(20-2)21-3/h4-7,12-13,16,19H,8-11H2,1-3H3. The van der Waals surface area contributed by atoms with E-state index in [1.54, 1.807) is 14.2 Å². The van der Waals surface area contributed by atoms with E-state index in [0.29, 0.717) is 12.1 Å². The van der Waals surface area contributed by atoms with Crippen LogP contribution in [0, 0.1) is 0 Å². The Hall–Kier alpha value is -0.940. The molecule has 0 amide bonds. The number of fused-ring (bicyclic) bond motifs is 2. The Morgan fingerprint density at radius 2 is 1.71 bits per heavy atom. The van der Waals surface area contributed by atoms with Crippen molar-refractivity contribution in [1.82, 2.24) is 4.90 Å². The summed E-state index contributed by atoms with van der Waals surface area (Å²) in [5.74, 6) is 0. The zero-order chi connectivity index (χ0) is 15.0. The molecule has 2 heterocycles. The van der Waals surface area contributed by atoms with Crippen molar-refractivity contribution >= 4 is 0 Å². The average molecular weight is 291 g/mol. The summed E-state index contributed by atoms with van der Waals surface area (Å²) in [5, 5.41) is 11.3. The molecule has 3 rings (SSSR count). The number of rotatable bonds is 4. The number of ether oxygens (including phenoxy) is 2. The van der Waals surface area contributed by atoms with Gasteiger partial charge in [-0.15, -0.1) is 0 Å². The van der Waals surface area contributed by atoms with E-state index in [2.05, 4.69) is 11.9 Å². The quantitative estimate of drug-likeness (QED) is 0.865. The van der Waals surface area contributed by atoms with Gasteiger partial charge in [-0.05, 0) is 38.3 Å². The smallest absolute Gasteiger partial charge is 0.183 e. The predicted octanol–water partition coefficient (Wildman–Crippen LogP) is 2.42. The van der Waals surface area contributed by atoms with Crippen LogP contribution in [0.5, 0.6) is 0 Å². The zero-order valence-electron chi connectivity index (χ0n) is 13.1. The lowest BCUT2D eigenvalue weighted by atomic mass is 9.78. The van der Waals surface area contributed by atoms with Gasteiger partial charge in [0.1, 0.15) is 0 Å². The fourth-order valence-electron chi connectivity index (χ4n) is 4.14. The number of piperidine rings is 1. The molecule has 2 saturated heterocycles. The molecule has 0 aromatic heterocycles. The number of hydrogen-bond acceptors (Lipinski definition) is 4. The maximum atomic E-state index is 11.3. The van der Waals surface area contributed by atoms with Crippen LogP contribution < -0.4 is 0 Å². The van der Waals surface area contributed by atoms with E-state index in [-0.39, 0.29) is 0 Å². The largest absolute Gasteiger partial charge is 0.385 e. The highest BCUT2D eigenvalue weighted by Crippen LogP contribution is 2.46. The van der Waals surface area contributed by atoms with Gasteiger partial charge in [0.2, 0.25) is 0 Å². The monoisotopic (exact) mass is 291 g/mol. The van der Waals surface area contributed by atoms with Crippen LogP contribution in [0.1, 0.15) is 43.1 Å². The van der Waals surface area contributed by atoms with E-state index in [9.17, 15) is 5.11 Å². The first-order chi connectivity index (χ1) is 10.1. The minimum absolute atomic E-state index is 0.428. The van der Waals surface area contributed by atoms with E-state index in [1.807, 2.05) is 24.3 Å². The fraction of sp³-hybridized carbons (Fsp3) is 0.647. The molecular weight excluding hydrogens is 266 g/mol. The molecule has 4 heteroatoms. The molecule has 0 aliphatic carbocycles. The molecule has 2 fully saturated rings. The first-order valence-corrected chi connectivity index (χ1v) is 7.68. The van der Waals surface area contributed by atoms with E-state index in [1.165, 1.54) is 12.8 Å². The van der Waals surface area contributed by atoms with Crippen molar-refractivity contribution in [3.05, 3.63) is 35.4 Å². The highest BCUT2D eigenvalue weighted by atomic mass is 16.7. The molecular formula is C17H25NO3. The predicted molar refractivity (Wildman–Crippen MR) is 80.9 cm³/mol. The second kappa shape index (κ2) is 5.69. The number of aliphatic hydroxyl groups is 1. The topological polar surface area (TPSA) is 41.9 Å². The van der Waals surface area contributed by atoms with Crippen LogP contribution in [-0.4, -0.2) is 43.4 Å². The van der Waals surface area contributed by atoms with Gasteiger partial charge in [-0.1, -0.05) is 24.3 Å². The molecule has 0 saturated carbocycles. The van der Waals surface area contributed by atoms with E-state index < -0.39 is 11.9 Å². The first-order valence-electron chi connectivity index (χ1n) is 7.68. The molecule has 1 aromatic rings. The van der Waals surface area contributed by atoms with Gasteiger partial charge >= 0.3 is 0 Å². The first kappa shape index (κ1) is 15.0. The van der Waals surface area contributed by atoms with Gasteiger partial charge in [0, 0.05) is 31.9 Å². The van der Waals surface area contributed by atoms with Gasteiger partial charge in [0.15, 0.2) is 6.29 Å². The molecule has 21 heavy (non-hydrogen) atoms. The van der Waals surface area contributed by atoms with E-state index in [0.717, 1.165) is 24.0 Å². The van der Waals surface area contributed by atoms with Crippen LogP contribution in [-0.2, 0) is 15.1 Å². The van der Waals surface area contributed by atoms with E-state index >= 15 is 0 Å². The van der Waals surface area contributed by atoms with Crippen LogP contribution >= 0.6 is 0 Å². The van der Waals surface area contributed by atoms with Crippen molar-refractivity contribution in [3.63, 3.8) is 0 Å². The van der Waals surface area contributed by atoms with Crippen LogP contribution in [0.15, 0.2) is 24.3 Å². The molecule has 1 aromatic carbocycles. The molecule has 0 spiro atoms. The zero-order valence-corrected chi connectivity index (χ0v) is 13.1. The Morgan fingerprint density at radius 1 is 1.14 bits per heavy atom. The van der Waals surface area contributed by atoms with Crippen molar-refractivity contribution in [2.45, 2.75) is 49.7 Å². The average Bonchev–Trinajstić information content (AvgIpc) is 2.72. The highest BCUT2D eigenvalue weighted by Gasteiger charge is 2.47. The molecule has 2 bridgehead atoms. The Kier molecular flexibility index (Phi) is 4.06. The number of methoxy groups -OCH3 is 2. The summed E-state index contributed by atoms with van der Waals surface area (Å²) in [4.78, 5) is 2.43. The summed E-state index contributed by atoms with van der Waals surface area (Å²) < 4.78 is 10.8. The number of hydrogen-bond donors (Lipinski definition) is 1. The number of nitrogens with zero attached hydrogens (tertiary/aromatic N) is 1. The minimum Gasteiger partial charge on any atom is -0.385 e. The second-order valence-corrected chi connectivity index (χ2v) is 6.38. The third kappa shape index (κ3) is 2.50. The van der Waals surface area contributed by atoms with Gasteiger partial charge < -0.3 is 19.5 Å². The molecule has 0 radical (unpaired) electrons. The summed E-state index contributed by atoms with van der Waals surface area (Å²) in [6.45, 7) is 0. The molecule has 2 aliphatic rings. The van der Waals surface area contributed by atoms with Crippen molar-refractivity contribution in [3.8, 4) is 0 Å². The molecule has 2 atom stereocenters. The van der Waals surface area contributed by atoms with Crippen LogP contribution in [0.2, 0.25) is 0 Å². The lowest BCUT2D eigenvalue weighted by Gasteiger charge is -2.43. The van der Waals surface area contributed by atoms with Gasteiger partial charge in [-0.3, -0.25) is 0 Å². The van der Waals surface area contributed by atoms with Gasteiger partial charge in [-0.2, -0.15) is 0 Å². The van der Waals surface area contributed by atoms with Gasteiger partial charge in [0.25, 0.3) is 0 Å². The summed E-state index contributed by atoms with van der Waals surface area (Å²) >= 11 is 0. The summed E-state index contributed by atoms with van der Waals surface area (Å²) in [7, 11) is 5.45. The van der Waals surface area contributed by atoms with Crippen LogP contribution in [0.25, 0.3) is 0 Å². The highest BCUT2D eigenvalue weighted by molar-refractivity contribution is 5.35. The molecule has 4 nitrogen and oxygen atoms in total. The SMILES string of the molecule is COC(OC)c1ccccc1C1(O)CC2CCC(C1)N2C. The van der Waals surface area contributed by atoms with Crippen LogP contribution in [0.4, 0.5) is 0 Å². The Balaban J connectivity index is 1.97. The van der Waals surface area contributed by atoms with E-state index in [4.69, 9.17) is 9.47 Å². The summed E-state index contributed by atoms with van der Waals surface area (Å²) in [5.41, 5.74) is 1.13. The van der Waals surface area contributed by atoms with Gasteiger partial charge in [-0.25, -0.2) is 0 Å². The Bertz CT molecular complexity index is 487. The molecule has 2 unspecified atom stereocenters. The third-order valence-electron chi connectivity index (χ3n) is 5.28. The van der Waals surface area contributed by atoms with Crippen molar-refractivity contribution in [2.75, 3.05) is 21.3 Å². The maximum absolute atomic E-state index is 11.3. The third-order valence-corrected chi connectivity index (χ3v) is 5.28. The van der Waals surface area contributed by atoms with Crippen LogP contribution in [0.3, 0.4) is 0 Å². The fourth-order valence-corrected chi connectivity index (χ4v) is 4.14. The summed E-state index contributed by atoms with van der Waals surface area (Å²) in [6, 6.07) is 8.92. The van der Waals surface area contributed by atoms with Crippen molar-refractivity contribution < 1.29 is 14.6 Å². The van der Waals surface area contributed by atoms with Crippen molar-refractivity contribution in [2.24, 2.45) is 0 Å². The number of benzene rings is 1. The summed E-state index contributed by atoms with van der Waals surface area (Å²) in [6.07, 6.45) is 3.52. The van der Waals surface area contributed by atoms with Crippen molar-refractivity contribution in [1.29, 1.82) is 0 Å². The lowest BCUT2D eigenvalue weighted by molar-refractivity contribution is -0.111. The second-order valence-electron chi connectivity index (χ2n) is 6.38. The maximum Gasteiger partial charge on any atom is 0.183 e. The minimum atomic E-state index is -0.774. The molecule has 1 N–H and O–H groups in total. The Morgan fingerprint density at radius 3 is 2.29 bits per heavy atom. The molecule has 116 valence electrons. The lowest BCUT2D eigenvalue weighted by Crippen LogP contribution is -2.48. The molecule has 2 aliphatic heterocycles. The normalized spacial score (nSPS) is 32.8. The van der Waals surface area contributed by atoms with Gasteiger partial charge in [0.05, 0.1) is 5.60 Å².